The number of aromatic amines is 2. The van der Waals surface area contributed by atoms with Gasteiger partial charge in [0.2, 0.25) is 0 Å². The molecule has 3 N–H and O–H groups in total. The van der Waals surface area contributed by atoms with Crippen LogP contribution >= 0.6 is 0 Å². The number of aryl methyl sites for hydroxylation is 2. The van der Waals surface area contributed by atoms with Crippen molar-refractivity contribution in [2.75, 3.05) is 5.32 Å². The van der Waals surface area contributed by atoms with Gasteiger partial charge in [0, 0.05) is 22.3 Å². The zero-order valence-electron chi connectivity index (χ0n) is 11.4. The quantitative estimate of drug-likeness (QED) is 0.661. The first kappa shape index (κ1) is 12.3. The van der Waals surface area contributed by atoms with Gasteiger partial charge in [-0.25, -0.2) is 4.98 Å². The number of aromatic nitrogens is 5. The first-order chi connectivity index (χ1) is 9.56. The zero-order chi connectivity index (χ0) is 14.3. The molecule has 0 aliphatic rings. The molecule has 0 aliphatic heterocycles. The van der Waals surface area contributed by atoms with Crippen molar-refractivity contribution in [2.45, 2.75) is 20.8 Å². The molecule has 20 heavy (non-hydrogen) atoms. The molecule has 3 rings (SSSR count). The van der Waals surface area contributed by atoms with Crippen LogP contribution in [0.2, 0.25) is 0 Å². The molecule has 7 heteroatoms. The molecule has 0 aromatic carbocycles. The van der Waals surface area contributed by atoms with E-state index < -0.39 is 0 Å². The highest BCUT2D eigenvalue weighted by molar-refractivity contribution is 6.04. The molecule has 1 amide bonds. The van der Waals surface area contributed by atoms with Gasteiger partial charge >= 0.3 is 0 Å². The summed E-state index contributed by atoms with van der Waals surface area (Å²) in [4.78, 5) is 16.4. The van der Waals surface area contributed by atoms with E-state index in [1.165, 1.54) is 0 Å². The lowest BCUT2D eigenvalue weighted by Gasteiger charge is -2.03. The Morgan fingerprint density at radius 1 is 1.15 bits per heavy atom. The Bertz CT molecular complexity index is 800. The summed E-state index contributed by atoms with van der Waals surface area (Å²) < 4.78 is 0. The average molecular weight is 270 g/mol. The van der Waals surface area contributed by atoms with Gasteiger partial charge < -0.3 is 5.32 Å². The molecule has 3 heterocycles. The van der Waals surface area contributed by atoms with E-state index in [4.69, 9.17) is 0 Å². The fourth-order valence-corrected chi connectivity index (χ4v) is 1.98. The van der Waals surface area contributed by atoms with Gasteiger partial charge in [0.05, 0.1) is 11.9 Å². The molecule has 0 radical (unpaired) electrons. The van der Waals surface area contributed by atoms with Crippen LogP contribution < -0.4 is 5.32 Å². The summed E-state index contributed by atoms with van der Waals surface area (Å²) in [6.07, 6.45) is 1.58. The molecule has 102 valence electrons. The van der Waals surface area contributed by atoms with Crippen LogP contribution in [0.5, 0.6) is 0 Å². The maximum atomic E-state index is 12.2. The minimum Gasteiger partial charge on any atom is -0.319 e. The number of H-pyrrole nitrogens is 2. The predicted octanol–water partition coefficient (Wildman–Crippen LogP) is 1.86. The molecule has 0 bridgehead atoms. The Labute approximate surface area is 114 Å². The van der Waals surface area contributed by atoms with Gasteiger partial charge in [-0.05, 0) is 26.8 Å². The lowest BCUT2D eigenvalue weighted by atomic mass is 10.2. The number of carbonyl (C=O) groups is 1. The summed E-state index contributed by atoms with van der Waals surface area (Å²) in [6, 6.07) is 1.84. The molecule has 0 aliphatic carbocycles. The van der Waals surface area contributed by atoms with E-state index in [9.17, 15) is 4.79 Å². The van der Waals surface area contributed by atoms with Crippen molar-refractivity contribution in [1.29, 1.82) is 0 Å². The molecule has 0 saturated carbocycles. The van der Waals surface area contributed by atoms with Crippen LogP contribution in [0.1, 0.15) is 27.4 Å². The minimum atomic E-state index is -0.255. The van der Waals surface area contributed by atoms with Crippen molar-refractivity contribution >= 4 is 22.6 Å². The molecular formula is C13H14N6O. The molecule has 0 saturated heterocycles. The lowest BCUT2D eigenvalue weighted by molar-refractivity contribution is 0.102. The number of rotatable bonds is 2. The number of nitrogens with one attached hydrogen (secondary N) is 3. The summed E-state index contributed by atoms with van der Waals surface area (Å²) in [5.41, 5.74) is 4.28. The third-order valence-electron chi connectivity index (χ3n) is 3.33. The number of pyridine rings is 1. The number of hydrogen-bond donors (Lipinski definition) is 3. The Balaban J connectivity index is 1.91. The second-order valence-electron chi connectivity index (χ2n) is 4.72. The predicted molar refractivity (Wildman–Crippen MR) is 74.6 cm³/mol. The molecule has 0 unspecified atom stereocenters. The molecule has 0 atom stereocenters. The fraction of sp³-hybridized carbons (Fsp3) is 0.231. The maximum absolute atomic E-state index is 12.2. The Morgan fingerprint density at radius 3 is 2.60 bits per heavy atom. The van der Waals surface area contributed by atoms with Gasteiger partial charge in [-0.15, -0.1) is 0 Å². The van der Waals surface area contributed by atoms with E-state index in [1.54, 1.807) is 6.20 Å². The van der Waals surface area contributed by atoms with Crippen molar-refractivity contribution in [3.63, 3.8) is 0 Å². The first-order valence-corrected chi connectivity index (χ1v) is 6.20. The standard InChI is InChI=1S/C13H14N6O/c1-6-7(2)16-18-11(6)13(20)15-9-4-10-8(3)17-19-12(10)14-5-9/h4-5H,1-3H3,(H,15,20)(H,16,18)(H,14,17,19). The smallest absolute Gasteiger partial charge is 0.276 e. The van der Waals surface area contributed by atoms with Gasteiger partial charge in [-0.2, -0.15) is 10.2 Å². The van der Waals surface area contributed by atoms with Crippen LogP contribution in [0.15, 0.2) is 12.3 Å². The number of amides is 1. The molecule has 0 fully saturated rings. The van der Waals surface area contributed by atoms with Crippen molar-refractivity contribution in [3.05, 3.63) is 34.9 Å². The second kappa shape index (κ2) is 4.44. The molecule has 7 nitrogen and oxygen atoms in total. The SMILES string of the molecule is Cc1[nH]nc(C(=O)Nc2cnc3n[nH]c(C)c3c2)c1C. The largest absolute Gasteiger partial charge is 0.319 e. The Morgan fingerprint density at radius 2 is 1.90 bits per heavy atom. The topological polar surface area (TPSA) is 99.3 Å². The summed E-state index contributed by atoms with van der Waals surface area (Å²) in [5.74, 6) is -0.255. The Hall–Kier alpha value is -2.70. The highest BCUT2D eigenvalue weighted by atomic mass is 16.1. The molecule has 3 aromatic rings. The lowest BCUT2D eigenvalue weighted by Crippen LogP contribution is -2.13. The molecular weight excluding hydrogens is 256 g/mol. The van der Waals surface area contributed by atoms with Crippen LogP contribution in [0, 0.1) is 20.8 Å². The van der Waals surface area contributed by atoms with E-state index in [0.717, 1.165) is 22.3 Å². The third kappa shape index (κ3) is 1.93. The second-order valence-corrected chi connectivity index (χ2v) is 4.72. The van der Waals surface area contributed by atoms with Crippen LogP contribution in [0.25, 0.3) is 11.0 Å². The van der Waals surface area contributed by atoms with E-state index in [0.29, 0.717) is 17.0 Å². The van der Waals surface area contributed by atoms with Crippen LogP contribution in [0.3, 0.4) is 0 Å². The summed E-state index contributed by atoms with van der Waals surface area (Å²) in [5, 5.41) is 17.4. The first-order valence-electron chi connectivity index (χ1n) is 6.20. The van der Waals surface area contributed by atoms with Crippen molar-refractivity contribution < 1.29 is 4.79 Å². The summed E-state index contributed by atoms with van der Waals surface area (Å²) >= 11 is 0. The van der Waals surface area contributed by atoms with Crippen LogP contribution in [0.4, 0.5) is 5.69 Å². The Kier molecular flexibility index (Phi) is 2.74. The van der Waals surface area contributed by atoms with Crippen molar-refractivity contribution in [1.82, 2.24) is 25.4 Å². The number of anilines is 1. The summed E-state index contributed by atoms with van der Waals surface area (Å²) in [7, 11) is 0. The number of carbonyl (C=O) groups excluding carboxylic acids is 1. The van der Waals surface area contributed by atoms with Gasteiger partial charge in [-0.3, -0.25) is 15.0 Å². The average Bonchev–Trinajstić information content (AvgIpc) is 2.95. The normalized spacial score (nSPS) is 10.9. The number of fused-ring (bicyclic) bond motifs is 1. The number of nitrogens with zero attached hydrogens (tertiary/aromatic N) is 3. The summed E-state index contributed by atoms with van der Waals surface area (Å²) in [6.45, 7) is 5.64. The highest BCUT2D eigenvalue weighted by Gasteiger charge is 2.15. The minimum absolute atomic E-state index is 0.255. The third-order valence-corrected chi connectivity index (χ3v) is 3.33. The zero-order valence-corrected chi connectivity index (χ0v) is 11.4. The maximum Gasteiger partial charge on any atom is 0.276 e. The van der Waals surface area contributed by atoms with Crippen molar-refractivity contribution in [3.8, 4) is 0 Å². The number of hydrogen-bond acceptors (Lipinski definition) is 4. The highest BCUT2D eigenvalue weighted by Crippen LogP contribution is 2.18. The van der Waals surface area contributed by atoms with Gasteiger partial charge in [0.15, 0.2) is 11.3 Å². The van der Waals surface area contributed by atoms with Gasteiger partial charge in [-0.1, -0.05) is 0 Å². The van der Waals surface area contributed by atoms with Crippen LogP contribution in [-0.2, 0) is 0 Å². The van der Waals surface area contributed by atoms with Crippen molar-refractivity contribution in [2.24, 2.45) is 0 Å². The molecule has 3 aromatic heterocycles. The fourth-order valence-electron chi connectivity index (χ4n) is 1.98. The van der Waals surface area contributed by atoms with E-state index in [-0.39, 0.29) is 5.91 Å². The molecule has 0 spiro atoms. The van der Waals surface area contributed by atoms with Crippen LogP contribution in [-0.4, -0.2) is 31.3 Å². The van der Waals surface area contributed by atoms with E-state index in [1.807, 2.05) is 26.8 Å². The van der Waals surface area contributed by atoms with Gasteiger partial charge in [0.25, 0.3) is 5.91 Å². The van der Waals surface area contributed by atoms with E-state index in [2.05, 4.69) is 30.7 Å². The van der Waals surface area contributed by atoms with Gasteiger partial charge in [0.1, 0.15) is 0 Å². The monoisotopic (exact) mass is 270 g/mol. The van der Waals surface area contributed by atoms with E-state index >= 15 is 0 Å².